The number of carbonyl (C=O) groups is 2. The van der Waals surface area contributed by atoms with Crippen molar-refractivity contribution in [1.82, 2.24) is 20.7 Å². The van der Waals surface area contributed by atoms with Crippen molar-refractivity contribution in [3.05, 3.63) is 102 Å². The molecule has 0 aliphatic rings. The number of hydrogen-bond acceptors (Lipinski definition) is 5. The lowest BCUT2D eigenvalue weighted by Gasteiger charge is -2.17. The van der Waals surface area contributed by atoms with Crippen LogP contribution in [0, 0.1) is 0 Å². The fourth-order valence-electron chi connectivity index (χ4n) is 3.34. The maximum Gasteiger partial charge on any atom is 0.408 e. The summed E-state index contributed by atoms with van der Waals surface area (Å²) >= 11 is 0. The summed E-state index contributed by atoms with van der Waals surface area (Å²) in [5.74, 6) is -0.461. The number of fused-ring (bicyclic) bond motifs is 1. The largest absolute Gasteiger partial charge is 0.445 e. The Morgan fingerprint density at radius 1 is 1.06 bits per heavy atom. The number of aromatic nitrogens is 2. The third-order valence-electron chi connectivity index (χ3n) is 4.99. The van der Waals surface area contributed by atoms with E-state index in [9.17, 15) is 9.59 Å². The molecule has 0 aliphatic heterocycles. The average molecular weight is 441 g/mol. The number of benzene rings is 2. The Balaban J connectivity index is 1.45. The van der Waals surface area contributed by atoms with Gasteiger partial charge in [0.05, 0.1) is 6.21 Å². The molecule has 8 nitrogen and oxygen atoms in total. The van der Waals surface area contributed by atoms with Gasteiger partial charge in [0.2, 0.25) is 0 Å². The van der Waals surface area contributed by atoms with Gasteiger partial charge in [0.1, 0.15) is 12.6 Å². The van der Waals surface area contributed by atoms with Crippen LogP contribution < -0.4 is 10.7 Å². The summed E-state index contributed by atoms with van der Waals surface area (Å²) < 4.78 is 5.30. The SMILES string of the molecule is O=C(N[C@H](Cc1c[nH]c2ccccc12)C(=O)N/N=C\c1cccnc1)OCc1ccccc1. The van der Waals surface area contributed by atoms with Crippen molar-refractivity contribution in [2.45, 2.75) is 19.1 Å². The predicted molar refractivity (Wildman–Crippen MR) is 126 cm³/mol. The highest BCUT2D eigenvalue weighted by Gasteiger charge is 2.23. The molecule has 4 rings (SSSR count). The third-order valence-corrected chi connectivity index (χ3v) is 4.99. The minimum Gasteiger partial charge on any atom is -0.445 e. The first-order chi connectivity index (χ1) is 16.2. The van der Waals surface area contributed by atoms with E-state index in [1.165, 1.54) is 6.21 Å². The summed E-state index contributed by atoms with van der Waals surface area (Å²) in [5.41, 5.74) is 5.93. The fourth-order valence-corrected chi connectivity index (χ4v) is 3.34. The van der Waals surface area contributed by atoms with Gasteiger partial charge in [0.15, 0.2) is 0 Å². The number of pyridine rings is 1. The second-order valence-corrected chi connectivity index (χ2v) is 7.34. The van der Waals surface area contributed by atoms with E-state index in [0.717, 1.165) is 27.6 Å². The van der Waals surface area contributed by atoms with Gasteiger partial charge in [-0.05, 0) is 23.3 Å². The van der Waals surface area contributed by atoms with Crippen LogP contribution in [0.25, 0.3) is 10.9 Å². The number of H-pyrrole nitrogens is 1. The van der Waals surface area contributed by atoms with Gasteiger partial charge >= 0.3 is 6.09 Å². The number of aromatic amines is 1. The summed E-state index contributed by atoms with van der Waals surface area (Å²) in [7, 11) is 0. The van der Waals surface area contributed by atoms with Gasteiger partial charge < -0.3 is 15.0 Å². The highest BCUT2D eigenvalue weighted by atomic mass is 16.5. The number of para-hydroxylation sites is 1. The standard InChI is InChI=1S/C25H23N5O3/c31-24(30-28-15-19-9-6-12-26-14-19)23(13-20-16-27-22-11-5-4-10-21(20)22)29-25(32)33-17-18-7-2-1-3-8-18/h1-12,14-16,23,27H,13,17H2,(H,29,32)(H,30,31)/b28-15-/t23-/m1/s1. The Bertz CT molecular complexity index is 1240. The van der Waals surface area contributed by atoms with Crippen LogP contribution >= 0.6 is 0 Å². The lowest BCUT2D eigenvalue weighted by molar-refractivity contribution is -0.123. The van der Waals surface area contributed by atoms with Gasteiger partial charge in [-0.1, -0.05) is 54.6 Å². The van der Waals surface area contributed by atoms with E-state index in [2.05, 4.69) is 25.8 Å². The number of alkyl carbamates (subject to hydrolysis) is 1. The summed E-state index contributed by atoms with van der Waals surface area (Å²) in [6.45, 7) is 0.104. The molecule has 2 aromatic carbocycles. The first kappa shape index (κ1) is 21.8. The van der Waals surface area contributed by atoms with Gasteiger partial charge in [0, 0.05) is 41.5 Å². The van der Waals surface area contributed by atoms with E-state index < -0.39 is 18.0 Å². The van der Waals surface area contributed by atoms with Crippen LogP contribution in [0.5, 0.6) is 0 Å². The van der Waals surface area contributed by atoms with Crippen molar-refractivity contribution >= 4 is 29.1 Å². The molecule has 0 bridgehead atoms. The number of carbonyl (C=O) groups excluding carboxylic acids is 2. The lowest BCUT2D eigenvalue weighted by Crippen LogP contribution is -2.47. The molecule has 4 aromatic rings. The molecule has 0 fully saturated rings. The van der Waals surface area contributed by atoms with Crippen LogP contribution in [0.2, 0.25) is 0 Å². The number of nitrogens with one attached hydrogen (secondary N) is 3. The number of nitrogens with zero attached hydrogens (tertiary/aromatic N) is 2. The molecule has 2 amide bonds. The molecule has 2 heterocycles. The first-order valence-corrected chi connectivity index (χ1v) is 10.4. The van der Waals surface area contributed by atoms with E-state index >= 15 is 0 Å². The molecule has 0 saturated heterocycles. The van der Waals surface area contributed by atoms with Crippen molar-refractivity contribution in [2.24, 2.45) is 5.10 Å². The number of ether oxygens (including phenoxy) is 1. The number of amides is 2. The van der Waals surface area contributed by atoms with E-state index in [1.807, 2.05) is 66.9 Å². The zero-order valence-corrected chi connectivity index (χ0v) is 17.8. The molecule has 0 saturated carbocycles. The highest BCUT2D eigenvalue weighted by molar-refractivity contribution is 5.89. The van der Waals surface area contributed by atoms with Crippen molar-refractivity contribution in [1.29, 1.82) is 0 Å². The molecule has 166 valence electrons. The molecule has 0 spiro atoms. The Morgan fingerprint density at radius 2 is 1.88 bits per heavy atom. The van der Waals surface area contributed by atoms with Gasteiger partial charge in [-0.2, -0.15) is 5.10 Å². The molecule has 0 radical (unpaired) electrons. The first-order valence-electron chi connectivity index (χ1n) is 10.4. The molecule has 1 atom stereocenters. The second-order valence-electron chi connectivity index (χ2n) is 7.34. The topological polar surface area (TPSA) is 108 Å². The van der Waals surface area contributed by atoms with Crippen LogP contribution in [0.1, 0.15) is 16.7 Å². The summed E-state index contributed by atoms with van der Waals surface area (Å²) in [5, 5.41) is 7.64. The van der Waals surface area contributed by atoms with Gasteiger partial charge in [-0.3, -0.25) is 9.78 Å². The predicted octanol–water partition coefficient (Wildman–Crippen LogP) is 3.55. The Hall–Kier alpha value is -4.46. The molecule has 8 heteroatoms. The van der Waals surface area contributed by atoms with Crippen molar-refractivity contribution in [2.75, 3.05) is 0 Å². The normalized spacial score (nSPS) is 11.9. The number of rotatable bonds is 8. The molecule has 0 aliphatic carbocycles. The summed E-state index contributed by atoms with van der Waals surface area (Å²) in [6.07, 6.45) is 6.17. The number of hydrogen-bond donors (Lipinski definition) is 3. The van der Waals surface area contributed by atoms with E-state index in [0.29, 0.717) is 0 Å². The second kappa shape index (κ2) is 10.7. The molecule has 0 unspecified atom stereocenters. The van der Waals surface area contributed by atoms with Crippen LogP contribution in [-0.4, -0.2) is 34.2 Å². The Labute approximate surface area is 190 Å². The van der Waals surface area contributed by atoms with Crippen LogP contribution in [0.15, 0.2) is 90.4 Å². The highest BCUT2D eigenvalue weighted by Crippen LogP contribution is 2.19. The van der Waals surface area contributed by atoms with Gasteiger partial charge in [-0.15, -0.1) is 0 Å². The number of hydrazone groups is 1. The monoisotopic (exact) mass is 441 g/mol. The molecular weight excluding hydrogens is 418 g/mol. The van der Waals surface area contributed by atoms with Crippen molar-refractivity contribution in [3.8, 4) is 0 Å². The van der Waals surface area contributed by atoms with Crippen molar-refractivity contribution in [3.63, 3.8) is 0 Å². The van der Waals surface area contributed by atoms with Crippen LogP contribution in [-0.2, 0) is 22.6 Å². The van der Waals surface area contributed by atoms with E-state index in [-0.39, 0.29) is 13.0 Å². The van der Waals surface area contributed by atoms with E-state index in [4.69, 9.17) is 4.74 Å². The fraction of sp³-hybridized carbons (Fsp3) is 0.120. The maximum absolute atomic E-state index is 12.9. The lowest BCUT2D eigenvalue weighted by atomic mass is 10.0. The minimum absolute atomic E-state index is 0.104. The molecule has 3 N–H and O–H groups in total. The molecule has 33 heavy (non-hydrogen) atoms. The zero-order valence-electron chi connectivity index (χ0n) is 17.8. The smallest absolute Gasteiger partial charge is 0.408 e. The minimum atomic E-state index is -0.890. The molecule has 2 aromatic heterocycles. The average Bonchev–Trinajstić information content (AvgIpc) is 3.26. The van der Waals surface area contributed by atoms with Gasteiger partial charge in [-0.25, -0.2) is 10.2 Å². The third kappa shape index (κ3) is 6.04. The van der Waals surface area contributed by atoms with Crippen LogP contribution in [0.3, 0.4) is 0 Å². The maximum atomic E-state index is 12.9. The van der Waals surface area contributed by atoms with Crippen molar-refractivity contribution < 1.29 is 14.3 Å². The molecular formula is C25H23N5O3. The quantitative estimate of drug-likeness (QED) is 0.287. The van der Waals surface area contributed by atoms with Gasteiger partial charge in [0.25, 0.3) is 5.91 Å². The Kier molecular flexibility index (Phi) is 7.07. The van der Waals surface area contributed by atoms with E-state index in [1.54, 1.807) is 18.5 Å². The Morgan fingerprint density at radius 3 is 2.70 bits per heavy atom. The summed E-state index contributed by atoms with van der Waals surface area (Å²) in [6, 6.07) is 19.8. The zero-order chi connectivity index (χ0) is 22.9. The van der Waals surface area contributed by atoms with Crippen LogP contribution in [0.4, 0.5) is 4.79 Å². The summed E-state index contributed by atoms with van der Waals surface area (Å²) in [4.78, 5) is 32.5.